The Morgan fingerprint density at radius 2 is 1.79 bits per heavy atom. The van der Waals surface area contributed by atoms with Gasteiger partial charge in [0.2, 0.25) is 0 Å². The Hall–Kier alpha value is -2.29. The molecule has 0 aromatic heterocycles. The summed E-state index contributed by atoms with van der Waals surface area (Å²) in [4.78, 5) is 28.6. The van der Waals surface area contributed by atoms with E-state index in [9.17, 15) is 18.0 Å². The molecule has 1 heterocycles. The molecule has 178 valence electrons. The number of amides is 1. The van der Waals surface area contributed by atoms with Crippen molar-refractivity contribution in [3.8, 4) is 0 Å². The first-order valence-electron chi connectivity index (χ1n) is 10.6. The van der Waals surface area contributed by atoms with Crippen molar-refractivity contribution in [3.63, 3.8) is 0 Å². The first-order valence-corrected chi connectivity index (χ1v) is 13.0. The van der Waals surface area contributed by atoms with Crippen LogP contribution in [-0.2, 0) is 19.4 Å². The van der Waals surface area contributed by atoms with E-state index in [1.54, 1.807) is 11.8 Å². The SMILES string of the molecule is CCOC(=O)CS(=O)(=O)c1ccc(C(=O)N2CCN(c3cccc(Cl)c3)[C@@H](C)[C@@H]2C)cc1Cl. The van der Waals surface area contributed by atoms with Gasteiger partial charge in [-0.1, -0.05) is 29.3 Å². The Kier molecular flexibility index (Phi) is 7.92. The predicted octanol–water partition coefficient (Wildman–Crippen LogP) is 4.07. The molecule has 1 amide bonds. The van der Waals surface area contributed by atoms with Crippen LogP contribution in [0.2, 0.25) is 10.0 Å². The number of halogens is 2. The molecule has 0 radical (unpaired) electrons. The fraction of sp³-hybridized carbons (Fsp3) is 0.391. The van der Waals surface area contributed by atoms with Crippen LogP contribution < -0.4 is 4.90 Å². The quantitative estimate of drug-likeness (QED) is 0.542. The highest BCUT2D eigenvalue weighted by Gasteiger charge is 2.34. The summed E-state index contributed by atoms with van der Waals surface area (Å²) < 4.78 is 29.7. The van der Waals surface area contributed by atoms with Crippen molar-refractivity contribution in [1.29, 1.82) is 0 Å². The van der Waals surface area contributed by atoms with Gasteiger partial charge in [0.25, 0.3) is 5.91 Å². The summed E-state index contributed by atoms with van der Waals surface area (Å²) in [5, 5.41) is 0.543. The Bertz CT molecular complexity index is 1160. The second-order valence-electron chi connectivity index (χ2n) is 7.86. The Morgan fingerprint density at radius 3 is 2.42 bits per heavy atom. The molecule has 3 rings (SSSR count). The number of rotatable bonds is 6. The molecule has 2 atom stereocenters. The average molecular weight is 513 g/mol. The smallest absolute Gasteiger partial charge is 0.321 e. The van der Waals surface area contributed by atoms with Crippen LogP contribution in [0.5, 0.6) is 0 Å². The van der Waals surface area contributed by atoms with E-state index in [1.807, 2.05) is 38.1 Å². The van der Waals surface area contributed by atoms with E-state index in [4.69, 9.17) is 27.9 Å². The van der Waals surface area contributed by atoms with Gasteiger partial charge in [0.1, 0.15) is 0 Å². The van der Waals surface area contributed by atoms with Crippen molar-refractivity contribution in [2.75, 3.05) is 30.3 Å². The first-order chi connectivity index (χ1) is 15.5. The van der Waals surface area contributed by atoms with Crippen LogP contribution in [0.15, 0.2) is 47.4 Å². The van der Waals surface area contributed by atoms with Gasteiger partial charge in [-0.3, -0.25) is 9.59 Å². The first kappa shape index (κ1) is 25.3. The number of esters is 1. The summed E-state index contributed by atoms with van der Waals surface area (Å²) in [5.74, 6) is -1.90. The summed E-state index contributed by atoms with van der Waals surface area (Å²) in [5.41, 5.74) is 1.28. The zero-order valence-electron chi connectivity index (χ0n) is 18.6. The number of sulfone groups is 1. The summed E-state index contributed by atoms with van der Waals surface area (Å²) in [6, 6.07) is 11.5. The molecule has 0 aliphatic carbocycles. The summed E-state index contributed by atoms with van der Waals surface area (Å²) >= 11 is 12.4. The van der Waals surface area contributed by atoms with Gasteiger partial charge in [0.15, 0.2) is 15.6 Å². The zero-order chi connectivity index (χ0) is 24.3. The Balaban J connectivity index is 1.77. The molecule has 2 aromatic rings. The van der Waals surface area contributed by atoms with Gasteiger partial charge in [-0.15, -0.1) is 0 Å². The molecule has 0 saturated carbocycles. The highest BCUT2D eigenvalue weighted by Crippen LogP contribution is 2.29. The van der Waals surface area contributed by atoms with E-state index in [0.29, 0.717) is 18.1 Å². The van der Waals surface area contributed by atoms with Crippen LogP contribution in [0.3, 0.4) is 0 Å². The normalized spacial score (nSPS) is 18.8. The zero-order valence-corrected chi connectivity index (χ0v) is 21.0. The van der Waals surface area contributed by atoms with Crippen molar-refractivity contribution >= 4 is 50.6 Å². The second-order valence-corrected chi connectivity index (χ2v) is 10.7. The number of benzene rings is 2. The predicted molar refractivity (Wildman–Crippen MR) is 129 cm³/mol. The Labute approximate surface area is 204 Å². The highest BCUT2D eigenvalue weighted by molar-refractivity contribution is 7.92. The third-order valence-corrected chi connectivity index (χ3v) is 8.09. The molecule has 0 bridgehead atoms. The molecule has 1 aliphatic rings. The molecular formula is C23H26Cl2N2O5S. The molecule has 0 unspecified atom stereocenters. The fourth-order valence-electron chi connectivity index (χ4n) is 3.94. The maximum absolute atomic E-state index is 13.2. The number of piperazine rings is 1. The minimum Gasteiger partial charge on any atom is -0.465 e. The van der Waals surface area contributed by atoms with Crippen LogP contribution in [0.1, 0.15) is 31.1 Å². The van der Waals surface area contributed by atoms with Crippen molar-refractivity contribution in [1.82, 2.24) is 4.90 Å². The number of ether oxygens (including phenoxy) is 1. The van der Waals surface area contributed by atoms with E-state index in [-0.39, 0.29) is 40.1 Å². The molecule has 1 fully saturated rings. The topological polar surface area (TPSA) is 84.0 Å². The minimum atomic E-state index is -3.99. The van der Waals surface area contributed by atoms with Gasteiger partial charge in [-0.2, -0.15) is 0 Å². The largest absolute Gasteiger partial charge is 0.465 e. The molecule has 1 saturated heterocycles. The average Bonchev–Trinajstić information content (AvgIpc) is 2.74. The van der Waals surface area contributed by atoms with Gasteiger partial charge in [0.05, 0.1) is 16.5 Å². The highest BCUT2D eigenvalue weighted by atomic mass is 35.5. The lowest BCUT2D eigenvalue weighted by Crippen LogP contribution is -2.59. The molecule has 2 aromatic carbocycles. The fourth-order valence-corrected chi connectivity index (χ4v) is 5.83. The van der Waals surface area contributed by atoms with Crippen LogP contribution in [-0.4, -0.2) is 62.7 Å². The van der Waals surface area contributed by atoms with Gasteiger partial charge >= 0.3 is 5.97 Å². The van der Waals surface area contributed by atoms with Crippen molar-refractivity contribution in [2.24, 2.45) is 0 Å². The maximum Gasteiger partial charge on any atom is 0.321 e. The van der Waals surface area contributed by atoms with Gasteiger partial charge in [-0.25, -0.2) is 8.42 Å². The molecule has 1 aliphatic heterocycles. The molecule has 0 N–H and O–H groups in total. The van der Waals surface area contributed by atoms with Crippen LogP contribution in [0.4, 0.5) is 5.69 Å². The van der Waals surface area contributed by atoms with E-state index < -0.39 is 21.6 Å². The van der Waals surface area contributed by atoms with Crippen molar-refractivity contribution < 1.29 is 22.7 Å². The molecule has 10 heteroatoms. The molecule has 0 spiro atoms. The Morgan fingerprint density at radius 1 is 1.06 bits per heavy atom. The monoisotopic (exact) mass is 512 g/mol. The summed E-state index contributed by atoms with van der Waals surface area (Å²) in [6.07, 6.45) is 0. The van der Waals surface area contributed by atoms with Crippen molar-refractivity contribution in [3.05, 3.63) is 58.1 Å². The van der Waals surface area contributed by atoms with Crippen LogP contribution in [0, 0.1) is 0 Å². The summed E-state index contributed by atoms with van der Waals surface area (Å²) in [7, 11) is -3.99. The number of carbonyl (C=O) groups is 2. The van der Waals surface area contributed by atoms with Gasteiger partial charge < -0.3 is 14.5 Å². The number of nitrogens with zero attached hydrogens (tertiary/aromatic N) is 2. The third-order valence-electron chi connectivity index (χ3n) is 5.79. The van der Waals surface area contributed by atoms with Crippen LogP contribution in [0.25, 0.3) is 0 Å². The summed E-state index contributed by atoms with van der Waals surface area (Å²) in [6.45, 7) is 6.79. The lowest BCUT2D eigenvalue weighted by molar-refractivity contribution is -0.139. The van der Waals surface area contributed by atoms with Gasteiger partial charge in [0, 0.05) is 41.4 Å². The van der Waals surface area contributed by atoms with Crippen LogP contribution >= 0.6 is 23.2 Å². The maximum atomic E-state index is 13.2. The lowest BCUT2D eigenvalue weighted by atomic mass is 10.0. The number of carbonyl (C=O) groups excluding carboxylic acids is 2. The van der Waals surface area contributed by atoms with Crippen molar-refractivity contribution in [2.45, 2.75) is 37.8 Å². The number of hydrogen-bond acceptors (Lipinski definition) is 6. The minimum absolute atomic E-state index is 0.0286. The molecule has 7 nitrogen and oxygen atoms in total. The standard InChI is InChI=1S/C23H26Cl2N2O5S/c1-4-32-22(28)14-33(30,31)21-9-8-17(12-20(21)25)23(29)27-11-10-26(15(2)16(27)3)19-7-5-6-18(24)13-19/h5-9,12-13,15-16H,4,10-11,14H2,1-3H3/t15-,16-/m0/s1. The van der Waals surface area contributed by atoms with Gasteiger partial charge in [-0.05, 0) is 57.2 Å². The van der Waals surface area contributed by atoms with E-state index in [1.165, 1.54) is 18.2 Å². The van der Waals surface area contributed by atoms with E-state index >= 15 is 0 Å². The third kappa shape index (κ3) is 5.62. The number of anilines is 1. The molecule has 33 heavy (non-hydrogen) atoms. The van der Waals surface area contributed by atoms with E-state index in [2.05, 4.69) is 4.90 Å². The second kappa shape index (κ2) is 10.3. The molecular weight excluding hydrogens is 487 g/mol. The number of hydrogen-bond donors (Lipinski definition) is 0. The van der Waals surface area contributed by atoms with E-state index in [0.717, 1.165) is 5.69 Å². The lowest BCUT2D eigenvalue weighted by Gasteiger charge is -2.46.